The average Bonchev–Trinajstić information content (AvgIpc) is 2.68. The fourth-order valence-corrected chi connectivity index (χ4v) is 3.96. The summed E-state index contributed by atoms with van der Waals surface area (Å²) in [6.07, 6.45) is 3.32. The highest BCUT2D eigenvalue weighted by Crippen LogP contribution is 2.21. The van der Waals surface area contributed by atoms with Crippen LogP contribution in [0.4, 0.5) is 0 Å². The number of carbonyl (C=O) groups excluding carboxylic acids is 1. The van der Waals surface area contributed by atoms with Gasteiger partial charge in [0.25, 0.3) is 0 Å². The van der Waals surface area contributed by atoms with Crippen LogP contribution in [0.1, 0.15) is 18.5 Å². The van der Waals surface area contributed by atoms with Crippen LogP contribution in [0.15, 0.2) is 71.9 Å². The first kappa shape index (κ1) is 19.0. The van der Waals surface area contributed by atoms with Crippen molar-refractivity contribution >= 4 is 26.7 Å². The number of rotatable bonds is 6. The van der Waals surface area contributed by atoms with E-state index in [4.69, 9.17) is 0 Å². The third kappa shape index (κ3) is 4.32. The van der Waals surface area contributed by atoms with E-state index >= 15 is 0 Å². The molecule has 1 heterocycles. The van der Waals surface area contributed by atoms with Crippen LogP contribution < -0.4 is 5.32 Å². The molecule has 27 heavy (non-hydrogen) atoms. The average molecular weight is 383 g/mol. The molecule has 0 saturated carbocycles. The molecule has 3 aromatic rings. The van der Waals surface area contributed by atoms with Gasteiger partial charge in [0.05, 0.1) is 17.5 Å². The first-order valence-electron chi connectivity index (χ1n) is 8.52. The van der Waals surface area contributed by atoms with Crippen molar-refractivity contribution < 1.29 is 13.2 Å². The third-order valence-electron chi connectivity index (χ3n) is 4.36. The van der Waals surface area contributed by atoms with Gasteiger partial charge in [0.15, 0.2) is 0 Å². The maximum atomic E-state index is 12.8. The van der Waals surface area contributed by atoms with Gasteiger partial charge in [-0.3, -0.25) is 9.78 Å². The number of fused-ring (bicyclic) bond motifs is 1. The fraction of sp³-hybridized carbons (Fsp3) is 0.200. The Kier molecular flexibility index (Phi) is 5.53. The molecule has 1 atom stereocenters. The van der Waals surface area contributed by atoms with Crippen LogP contribution in [0.2, 0.25) is 0 Å². The van der Waals surface area contributed by atoms with Crippen molar-refractivity contribution in [3.8, 4) is 0 Å². The summed E-state index contributed by atoms with van der Waals surface area (Å²) in [5, 5.41) is 4.59. The summed E-state index contributed by atoms with van der Waals surface area (Å²) in [6, 6.07) is 15.9. The number of hydrogen-bond acceptors (Lipinski definition) is 4. The predicted molar refractivity (Wildman–Crippen MR) is 105 cm³/mol. The van der Waals surface area contributed by atoms with E-state index in [0.29, 0.717) is 0 Å². The highest BCUT2D eigenvalue weighted by molar-refractivity contribution is 7.89. The molecule has 0 fully saturated rings. The monoisotopic (exact) mass is 383 g/mol. The molecule has 140 valence electrons. The zero-order chi connectivity index (χ0) is 19.4. The van der Waals surface area contributed by atoms with E-state index in [9.17, 15) is 13.2 Å². The molecule has 0 spiro atoms. The van der Waals surface area contributed by atoms with Gasteiger partial charge in [0.2, 0.25) is 15.9 Å². The summed E-state index contributed by atoms with van der Waals surface area (Å²) < 4.78 is 26.7. The summed E-state index contributed by atoms with van der Waals surface area (Å²) in [7, 11) is -2.36. The number of amides is 1. The third-order valence-corrected chi connectivity index (χ3v) is 6.16. The standard InChI is InChI=1S/C20H21N3O3S/c1-15(18-8-5-11-21-13-18)22-20(24)14-23(2)27(25,26)19-10-9-16-6-3-4-7-17(16)12-19/h3-13,15H,14H2,1-2H3,(H,22,24). The maximum absolute atomic E-state index is 12.8. The second-order valence-electron chi connectivity index (χ2n) is 6.35. The number of nitrogens with one attached hydrogen (secondary N) is 1. The van der Waals surface area contributed by atoms with Gasteiger partial charge in [-0.25, -0.2) is 8.42 Å². The molecule has 7 heteroatoms. The number of likely N-dealkylation sites (N-methyl/N-ethyl adjacent to an activating group) is 1. The highest BCUT2D eigenvalue weighted by atomic mass is 32.2. The van der Waals surface area contributed by atoms with E-state index in [2.05, 4.69) is 10.3 Å². The van der Waals surface area contributed by atoms with Gasteiger partial charge in [-0.2, -0.15) is 4.31 Å². The zero-order valence-electron chi connectivity index (χ0n) is 15.2. The normalized spacial score (nSPS) is 12.9. The van der Waals surface area contributed by atoms with Gasteiger partial charge in [-0.15, -0.1) is 0 Å². The van der Waals surface area contributed by atoms with Crippen LogP contribution in [0, 0.1) is 0 Å². The molecular weight excluding hydrogens is 362 g/mol. The van der Waals surface area contributed by atoms with Crippen molar-refractivity contribution in [3.05, 3.63) is 72.6 Å². The Morgan fingerprint density at radius 3 is 2.56 bits per heavy atom. The largest absolute Gasteiger partial charge is 0.348 e. The Morgan fingerprint density at radius 1 is 1.11 bits per heavy atom. The molecule has 0 saturated heterocycles. The molecule has 3 rings (SSSR count). The lowest BCUT2D eigenvalue weighted by Gasteiger charge is -2.19. The molecule has 1 N–H and O–H groups in total. The number of pyridine rings is 1. The van der Waals surface area contributed by atoms with Crippen molar-refractivity contribution in [2.75, 3.05) is 13.6 Å². The molecule has 6 nitrogen and oxygen atoms in total. The molecule has 2 aromatic carbocycles. The number of aromatic nitrogens is 1. The highest BCUT2D eigenvalue weighted by Gasteiger charge is 2.23. The number of nitrogens with zero attached hydrogens (tertiary/aromatic N) is 2. The van der Waals surface area contributed by atoms with Crippen molar-refractivity contribution in [1.82, 2.24) is 14.6 Å². The van der Waals surface area contributed by atoms with Crippen LogP contribution in [-0.2, 0) is 14.8 Å². The summed E-state index contributed by atoms with van der Waals surface area (Å²) in [4.78, 5) is 16.5. The Labute approximate surface area is 158 Å². The molecule has 0 bridgehead atoms. The molecule has 1 aromatic heterocycles. The SMILES string of the molecule is CC(NC(=O)CN(C)S(=O)(=O)c1ccc2ccccc2c1)c1cccnc1. The summed E-state index contributed by atoms with van der Waals surface area (Å²) in [6.45, 7) is 1.56. The van der Waals surface area contributed by atoms with Crippen molar-refractivity contribution in [2.24, 2.45) is 0 Å². The maximum Gasteiger partial charge on any atom is 0.243 e. The van der Waals surface area contributed by atoms with Gasteiger partial charge in [-0.05, 0) is 41.5 Å². The summed E-state index contributed by atoms with van der Waals surface area (Å²) in [5.41, 5.74) is 0.853. The minimum atomic E-state index is -3.77. The Bertz CT molecular complexity index is 1050. The van der Waals surface area contributed by atoms with E-state index in [1.165, 1.54) is 7.05 Å². The molecule has 0 radical (unpaired) electrons. The van der Waals surface area contributed by atoms with Crippen LogP contribution in [0.3, 0.4) is 0 Å². The Hall–Kier alpha value is -2.77. The Morgan fingerprint density at radius 2 is 1.85 bits per heavy atom. The lowest BCUT2D eigenvalue weighted by Crippen LogP contribution is -2.39. The first-order chi connectivity index (χ1) is 12.9. The van der Waals surface area contributed by atoms with Gasteiger partial charge >= 0.3 is 0 Å². The quantitative estimate of drug-likeness (QED) is 0.710. The summed E-state index contributed by atoms with van der Waals surface area (Å²) >= 11 is 0. The number of carbonyl (C=O) groups is 1. The van der Waals surface area contributed by atoms with Crippen LogP contribution in [-0.4, -0.2) is 37.2 Å². The van der Waals surface area contributed by atoms with Crippen molar-refractivity contribution in [1.29, 1.82) is 0 Å². The van der Waals surface area contributed by atoms with Gasteiger partial charge in [-0.1, -0.05) is 36.4 Å². The number of hydrogen-bond donors (Lipinski definition) is 1. The molecular formula is C20H21N3O3S. The molecule has 0 aliphatic carbocycles. The van der Waals surface area contributed by atoms with Gasteiger partial charge < -0.3 is 5.32 Å². The lowest BCUT2D eigenvalue weighted by atomic mass is 10.1. The molecule has 0 aliphatic rings. The minimum absolute atomic E-state index is 0.164. The Balaban J connectivity index is 1.71. The summed E-state index contributed by atoms with van der Waals surface area (Å²) in [5.74, 6) is -0.377. The van der Waals surface area contributed by atoms with Crippen molar-refractivity contribution in [3.63, 3.8) is 0 Å². The van der Waals surface area contributed by atoms with Crippen LogP contribution >= 0.6 is 0 Å². The fourth-order valence-electron chi connectivity index (χ4n) is 2.80. The first-order valence-corrected chi connectivity index (χ1v) is 9.96. The molecule has 0 aliphatic heterocycles. The second kappa shape index (κ2) is 7.85. The number of sulfonamides is 1. The van der Waals surface area contributed by atoms with Crippen molar-refractivity contribution in [2.45, 2.75) is 17.9 Å². The second-order valence-corrected chi connectivity index (χ2v) is 8.39. The topological polar surface area (TPSA) is 79.4 Å². The van der Waals surface area contributed by atoms with Crippen LogP contribution in [0.25, 0.3) is 10.8 Å². The molecule has 1 amide bonds. The smallest absolute Gasteiger partial charge is 0.243 e. The van der Waals surface area contributed by atoms with E-state index in [0.717, 1.165) is 20.6 Å². The van der Waals surface area contributed by atoms with E-state index in [1.807, 2.05) is 37.3 Å². The zero-order valence-corrected chi connectivity index (χ0v) is 16.0. The van der Waals surface area contributed by atoms with E-state index in [-0.39, 0.29) is 23.4 Å². The molecule has 1 unspecified atom stereocenters. The number of benzene rings is 2. The van der Waals surface area contributed by atoms with Gasteiger partial charge in [0.1, 0.15) is 0 Å². The van der Waals surface area contributed by atoms with E-state index in [1.54, 1.807) is 36.7 Å². The lowest BCUT2D eigenvalue weighted by molar-refractivity contribution is -0.121. The predicted octanol–water partition coefficient (Wildman–Crippen LogP) is 2.73. The minimum Gasteiger partial charge on any atom is -0.348 e. The van der Waals surface area contributed by atoms with Gasteiger partial charge in [0, 0.05) is 19.4 Å². The van der Waals surface area contributed by atoms with E-state index < -0.39 is 10.0 Å². The van der Waals surface area contributed by atoms with Crippen LogP contribution in [0.5, 0.6) is 0 Å².